The Morgan fingerprint density at radius 3 is 2.68 bits per heavy atom. The molecule has 0 heterocycles. The van der Waals surface area contributed by atoms with E-state index in [2.05, 4.69) is 5.32 Å². The molecule has 0 unspecified atom stereocenters. The second-order valence-corrected chi connectivity index (χ2v) is 5.05. The highest BCUT2D eigenvalue weighted by Gasteiger charge is 2.44. The Labute approximate surface area is 110 Å². The minimum absolute atomic E-state index is 0.0444. The molecule has 0 aromatic heterocycles. The number of nitro groups is 1. The van der Waals surface area contributed by atoms with E-state index in [1.54, 1.807) is 19.1 Å². The Kier molecular flexibility index (Phi) is 3.42. The molecule has 0 radical (unpaired) electrons. The van der Waals surface area contributed by atoms with Crippen LogP contribution in [-0.2, 0) is 4.79 Å². The van der Waals surface area contributed by atoms with Crippen LogP contribution < -0.4 is 5.32 Å². The number of hydrogen-bond donors (Lipinski definition) is 2. The van der Waals surface area contributed by atoms with Crippen molar-refractivity contribution in [3.05, 3.63) is 33.9 Å². The van der Waals surface area contributed by atoms with Gasteiger partial charge in [-0.05, 0) is 25.8 Å². The molecular formula is C13H16N2O4. The highest BCUT2D eigenvalue weighted by Crippen LogP contribution is 2.41. The first-order valence-electron chi connectivity index (χ1n) is 6.17. The molecule has 0 aliphatic heterocycles. The number of carbonyl (C=O) groups is 1. The van der Waals surface area contributed by atoms with Crippen LogP contribution in [0.25, 0.3) is 0 Å². The normalized spacial score (nSPS) is 16.5. The van der Waals surface area contributed by atoms with Gasteiger partial charge in [0.15, 0.2) is 0 Å². The number of nitrogens with one attached hydrogen (secondary N) is 1. The summed E-state index contributed by atoms with van der Waals surface area (Å²) in [6, 6.07) is 4.84. The summed E-state index contributed by atoms with van der Waals surface area (Å²) in [7, 11) is 0. The van der Waals surface area contributed by atoms with Crippen molar-refractivity contribution in [3.8, 4) is 0 Å². The SMILES string of the molecule is Cc1ccc(NCC2(C(=O)O)CCC2)cc1[N+](=O)[O-]. The van der Waals surface area contributed by atoms with E-state index in [1.165, 1.54) is 6.07 Å². The quantitative estimate of drug-likeness (QED) is 0.629. The van der Waals surface area contributed by atoms with E-state index in [0.29, 0.717) is 30.6 Å². The molecule has 0 atom stereocenters. The number of hydrogen-bond acceptors (Lipinski definition) is 4. The summed E-state index contributed by atoms with van der Waals surface area (Å²) in [5, 5.41) is 23.0. The zero-order chi connectivity index (χ0) is 14.0. The van der Waals surface area contributed by atoms with Crippen molar-refractivity contribution in [2.24, 2.45) is 5.41 Å². The maximum Gasteiger partial charge on any atom is 0.311 e. The van der Waals surface area contributed by atoms with E-state index in [1.807, 2.05) is 0 Å². The zero-order valence-electron chi connectivity index (χ0n) is 10.7. The smallest absolute Gasteiger partial charge is 0.311 e. The summed E-state index contributed by atoms with van der Waals surface area (Å²) in [6.07, 6.45) is 2.23. The third kappa shape index (κ3) is 2.52. The van der Waals surface area contributed by atoms with E-state index in [4.69, 9.17) is 0 Å². The van der Waals surface area contributed by atoms with Crippen LogP contribution >= 0.6 is 0 Å². The minimum Gasteiger partial charge on any atom is -0.481 e. The molecule has 6 heteroatoms. The first-order valence-corrected chi connectivity index (χ1v) is 6.17. The van der Waals surface area contributed by atoms with Crippen LogP contribution in [0.1, 0.15) is 24.8 Å². The Morgan fingerprint density at radius 1 is 1.53 bits per heavy atom. The van der Waals surface area contributed by atoms with Crippen molar-refractivity contribution in [2.75, 3.05) is 11.9 Å². The number of benzene rings is 1. The van der Waals surface area contributed by atoms with Crippen LogP contribution in [-0.4, -0.2) is 22.5 Å². The summed E-state index contributed by atoms with van der Waals surface area (Å²) in [5.41, 5.74) is 0.514. The van der Waals surface area contributed by atoms with Gasteiger partial charge in [-0.2, -0.15) is 0 Å². The van der Waals surface area contributed by atoms with Crippen LogP contribution in [0, 0.1) is 22.5 Å². The summed E-state index contributed by atoms with van der Waals surface area (Å²) < 4.78 is 0. The molecule has 0 saturated heterocycles. The van der Waals surface area contributed by atoms with Crippen molar-refractivity contribution in [1.29, 1.82) is 0 Å². The van der Waals surface area contributed by atoms with Crippen molar-refractivity contribution in [1.82, 2.24) is 0 Å². The maximum absolute atomic E-state index is 11.2. The van der Waals surface area contributed by atoms with Crippen LogP contribution in [0.15, 0.2) is 18.2 Å². The second kappa shape index (κ2) is 4.87. The van der Waals surface area contributed by atoms with E-state index in [9.17, 15) is 20.0 Å². The van der Waals surface area contributed by atoms with Gasteiger partial charge < -0.3 is 10.4 Å². The van der Waals surface area contributed by atoms with E-state index < -0.39 is 16.3 Å². The van der Waals surface area contributed by atoms with Gasteiger partial charge in [0.25, 0.3) is 5.69 Å². The third-order valence-electron chi connectivity index (χ3n) is 3.80. The van der Waals surface area contributed by atoms with Crippen LogP contribution in [0.3, 0.4) is 0 Å². The minimum atomic E-state index is -0.798. The molecule has 1 aliphatic rings. The van der Waals surface area contributed by atoms with Gasteiger partial charge >= 0.3 is 5.97 Å². The standard InChI is InChI=1S/C13H16N2O4/c1-9-3-4-10(7-11(9)15(18)19)14-8-13(12(16)17)5-2-6-13/h3-4,7,14H,2,5-6,8H2,1H3,(H,16,17). The summed E-state index contributed by atoms with van der Waals surface area (Å²) in [4.78, 5) is 21.6. The van der Waals surface area contributed by atoms with Crippen LogP contribution in [0.5, 0.6) is 0 Å². The van der Waals surface area contributed by atoms with Crippen LogP contribution in [0.4, 0.5) is 11.4 Å². The topological polar surface area (TPSA) is 92.5 Å². The fourth-order valence-electron chi connectivity index (χ4n) is 2.26. The molecule has 2 N–H and O–H groups in total. The van der Waals surface area contributed by atoms with E-state index in [0.717, 1.165) is 6.42 Å². The molecule has 0 bridgehead atoms. The van der Waals surface area contributed by atoms with Crippen molar-refractivity contribution in [3.63, 3.8) is 0 Å². The van der Waals surface area contributed by atoms with Gasteiger partial charge in [0, 0.05) is 23.9 Å². The number of aryl methyl sites for hydroxylation is 1. The summed E-state index contributed by atoms with van der Waals surface area (Å²) >= 11 is 0. The Hall–Kier alpha value is -2.11. The fourth-order valence-corrected chi connectivity index (χ4v) is 2.26. The molecule has 0 amide bonds. The molecule has 102 valence electrons. The average molecular weight is 264 g/mol. The van der Waals surface area contributed by atoms with Gasteiger partial charge in [-0.1, -0.05) is 12.5 Å². The lowest BCUT2D eigenvalue weighted by molar-refractivity contribution is -0.385. The molecule has 0 spiro atoms. The first kappa shape index (κ1) is 13.3. The molecule has 1 aliphatic carbocycles. The predicted molar refractivity (Wildman–Crippen MR) is 70.2 cm³/mol. The molecule has 1 aromatic carbocycles. The molecule has 19 heavy (non-hydrogen) atoms. The maximum atomic E-state index is 11.2. The number of carboxylic acids is 1. The average Bonchev–Trinajstić information content (AvgIpc) is 2.28. The Morgan fingerprint density at radius 2 is 2.21 bits per heavy atom. The third-order valence-corrected chi connectivity index (χ3v) is 3.80. The van der Waals surface area contributed by atoms with Crippen LogP contribution in [0.2, 0.25) is 0 Å². The van der Waals surface area contributed by atoms with Gasteiger partial charge in [-0.25, -0.2) is 0 Å². The number of rotatable bonds is 5. The molecule has 2 rings (SSSR count). The number of carboxylic acid groups (broad SMARTS) is 1. The molecule has 1 saturated carbocycles. The lowest BCUT2D eigenvalue weighted by atomic mass is 9.69. The van der Waals surface area contributed by atoms with E-state index >= 15 is 0 Å². The fraction of sp³-hybridized carbons (Fsp3) is 0.462. The van der Waals surface area contributed by atoms with Crippen molar-refractivity contribution in [2.45, 2.75) is 26.2 Å². The summed E-state index contributed by atoms with van der Waals surface area (Å²) in [6.45, 7) is 1.98. The lowest BCUT2D eigenvalue weighted by Crippen LogP contribution is -2.43. The zero-order valence-corrected chi connectivity index (χ0v) is 10.7. The highest BCUT2D eigenvalue weighted by molar-refractivity contribution is 5.76. The number of anilines is 1. The second-order valence-electron chi connectivity index (χ2n) is 5.05. The molecule has 1 aromatic rings. The van der Waals surface area contributed by atoms with Gasteiger partial charge in [-0.3, -0.25) is 14.9 Å². The number of aliphatic carboxylic acids is 1. The van der Waals surface area contributed by atoms with Crippen molar-refractivity contribution >= 4 is 17.3 Å². The number of nitrogens with zero attached hydrogens (tertiary/aromatic N) is 1. The van der Waals surface area contributed by atoms with Crippen molar-refractivity contribution < 1.29 is 14.8 Å². The van der Waals surface area contributed by atoms with Gasteiger partial charge in [-0.15, -0.1) is 0 Å². The summed E-state index contributed by atoms with van der Waals surface area (Å²) in [5.74, 6) is -0.798. The van der Waals surface area contributed by atoms with E-state index in [-0.39, 0.29) is 5.69 Å². The number of nitro benzene ring substituents is 1. The van der Waals surface area contributed by atoms with Gasteiger partial charge in [0.2, 0.25) is 0 Å². The lowest BCUT2D eigenvalue weighted by Gasteiger charge is -2.37. The monoisotopic (exact) mass is 264 g/mol. The highest BCUT2D eigenvalue weighted by atomic mass is 16.6. The largest absolute Gasteiger partial charge is 0.481 e. The first-order chi connectivity index (χ1) is 8.94. The molecule has 6 nitrogen and oxygen atoms in total. The van der Waals surface area contributed by atoms with Gasteiger partial charge in [0.1, 0.15) is 0 Å². The Balaban J connectivity index is 2.10. The predicted octanol–water partition coefficient (Wildman–Crippen LogP) is 2.57. The molecule has 1 fully saturated rings. The molecular weight excluding hydrogens is 248 g/mol. The van der Waals surface area contributed by atoms with Gasteiger partial charge in [0.05, 0.1) is 10.3 Å². The Bertz CT molecular complexity index is 523.